The average molecular weight is 529 g/mol. The highest BCUT2D eigenvalue weighted by Gasteiger charge is 2.24. The highest BCUT2D eigenvalue weighted by atomic mass is 35.5. The Labute approximate surface area is 221 Å². The summed E-state index contributed by atoms with van der Waals surface area (Å²) in [7, 11) is 4.88. The minimum atomic E-state index is -0.282. The molecule has 0 amide bonds. The fourth-order valence-corrected chi connectivity index (χ4v) is 4.94. The SMILES string of the molecule is COc1ccc(C(CNc2nc3nc(N4CCNCC4)nc(N4CCCC4)c3nc2Cl)OC)cc1OC. The number of methoxy groups -OCH3 is 3. The standard InChI is InChI=1S/C25H33ClN8O3/c1-35-17-7-6-16(14-18(17)36-2)19(37-3)15-28-23-21(26)29-20-22(30-23)31-25(34-12-8-27-9-13-34)32-24(20)33-10-4-5-11-33/h6-7,14,19,27H,4-5,8-13,15H2,1-3H3,(H,28,30,31,32). The van der Waals surface area contributed by atoms with Gasteiger partial charge < -0.3 is 34.6 Å². The second kappa shape index (κ2) is 11.5. The van der Waals surface area contributed by atoms with Gasteiger partial charge in [-0.15, -0.1) is 0 Å². The number of benzene rings is 1. The minimum Gasteiger partial charge on any atom is -0.493 e. The van der Waals surface area contributed by atoms with E-state index < -0.39 is 0 Å². The van der Waals surface area contributed by atoms with E-state index in [1.54, 1.807) is 21.3 Å². The summed E-state index contributed by atoms with van der Waals surface area (Å²) in [5.41, 5.74) is 2.08. The number of hydrogen-bond acceptors (Lipinski definition) is 11. The highest BCUT2D eigenvalue weighted by molar-refractivity contribution is 6.32. The summed E-state index contributed by atoms with van der Waals surface area (Å²) in [4.78, 5) is 23.7. The van der Waals surface area contributed by atoms with E-state index in [0.29, 0.717) is 41.0 Å². The molecule has 3 aromatic rings. The van der Waals surface area contributed by atoms with E-state index in [4.69, 9.17) is 45.7 Å². The van der Waals surface area contributed by atoms with Crippen molar-refractivity contribution in [2.75, 3.05) is 82.3 Å². The number of halogens is 1. The van der Waals surface area contributed by atoms with Crippen LogP contribution in [0.15, 0.2) is 18.2 Å². The van der Waals surface area contributed by atoms with Crippen LogP contribution in [0.3, 0.4) is 0 Å². The number of hydrogen-bond donors (Lipinski definition) is 2. The number of nitrogens with zero attached hydrogens (tertiary/aromatic N) is 6. The van der Waals surface area contributed by atoms with Gasteiger partial charge in [0.05, 0.1) is 20.3 Å². The molecule has 0 radical (unpaired) electrons. The van der Waals surface area contributed by atoms with E-state index in [1.807, 2.05) is 18.2 Å². The lowest BCUT2D eigenvalue weighted by atomic mass is 10.1. The maximum Gasteiger partial charge on any atom is 0.229 e. The number of fused-ring (bicyclic) bond motifs is 1. The molecule has 11 nitrogen and oxygen atoms in total. The Kier molecular flexibility index (Phi) is 7.92. The largest absolute Gasteiger partial charge is 0.493 e. The Bertz CT molecular complexity index is 1230. The second-order valence-corrected chi connectivity index (χ2v) is 9.39. The molecule has 2 aliphatic rings. The molecule has 0 aliphatic carbocycles. The van der Waals surface area contributed by atoms with E-state index in [1.165, 1.54) is 0 Å². The van der Waals surface area contributed by atoms with Crippen molar-refractivity contribution in [3.8, 4) is 11.5 Å². The Morgan fingerprint density at radius 1 is 0.946 bits per heavy atom. The quantitative estimate of drug-likeness (QED) is 0.427. The van der Waals surface area contributed by atoms with Gasteiger partial charge in [0.25, 0.3) is 0 Å². The van der Waals surface area contributed by atoms with Gasteiger partial charge in [-0.05, 0) is 30.5 Å². The van der Waals surface area contributed by atoms with Crippen molar-refractivity contribution in [2.24, 2.45) is 0 Å². The second-order valence-electron chi connectivity index (χ2n) is 9.03. The van der Waals surface area contributed by atoms with Crippen LogP contribution >= 0.6 is 11.6 Å². The number of aromatic nitrogens is 4. The normalized spacial score (nSPS) is 16.8. The smallest absolute Gasteiger partial charge is 0.229 e. The Hall–Kier alpha value is -3.15. The molecular formula is C25H33ClN8O3. The first-order valence-corrected chi connectivity index (χ1v) is 12.9. The number of piperazine rings is 1. The molecule has 12 heteroatoms. The molecule has 2 aliphatic heterocycles. The third-order valence-corrected chi connectivity index (χ3v) is 7.05. The zero-order chi connectivity index (χ0) is 25.8. The van der Waals surface area contributed by atoms with E-state index >= 15 is 0 Å². The van der Waals surface area contributed by atoms with Crippen LogP contribution in [-0.4, -0.2) is 87.1 Å². The molecule has 1 aromatic carbocycles. The molecule has 1 atom stereocenters. The molecule has 4 heterocycles. The number of ether oxygens (including phenoxy) is 3. The zero-order valence-corrected chi connectivity index (χ0v) is 22.2. The van der Waals surface area contributed by atoms with Crippen LogP contribution < -0.4 is 29.9 Å². The van der Waals surface area contributed by atoms with Crippen molar-refractivity contribution in [1.82, 2.24) is 25.3 Å². The third-order valence-electron chi connectivity index (χ3n) is 6.78. The van der Waals surface area contributed by atoms with Crippen LogP contribution in [0.4, 0.5) is 17.6 Å². The molecule has 2 aromatic heterocycles. The molecule has 198 valence electrons. The summed E-state index contributed by atoms with van der Waals surface area (Å²) < 4.78 is 16.5. The molecule has 1 unspecified atom stereocenters. The maximum atomic E-state index is 6.62. The number of anilines is 3. The highest BCUT2D eigenvalue weighted by Crippen LogP contribution is 2.33. The van der Waals surface area contributed by atoms with E-state index in [-0.39, 0.29) is 11.3 Å². The summed E-state index contributed by atoms with van der Waals surface area (Å²) >= 11 is 6.62. The fraction of sp³-hybridized carbons (Fsp3) is 0.520. The van der Waals surface area contributed by atoms with Crippen molar-refractivity contribution in [3.05, 3.63) is 28.9 Å². The fourth-order valence-electron chi connectivity index (χ4n) is 4.75. The molecule has 0 saturated carbocycles. The topological polar surface area (TPSA) is 110 Å². The van der Waals surface area contributed by atoms with Gasteiger partial charge in [-0.1, -0.05) is 17.7 Å². The predicted octanol–water partition coefficient (Wildman–Crippen LogP) is 2.90. The number of nitrogens with one attached hydrogen (secondary N) is 2. The zero-order valence-electron chi connectivity index (χ0n) is 21.5. The molecule has 5 rings (SSSR count). The lowest BCUT2D eigenvalue weighted by Gasteiger charge is -2.28. The Morgan fingerprint density at radius 2 is 1.70 bits per heavy atom. The van der Waals surface area contributed by atoms with Crippen molar-refractivity contribution >= 4 is 40.3 Å². The van der Waals surface area contributed by atoms with Gasteiger partial charge in [-0.2, -0.15) is 9.97 Å². The van der Waals surface area contributed by atoms with Crippen molar-refractivity contribution in [1.29, 1.82) is 0 Å². The van der Waals surface area contributed by atoms with Crippen molar-refractivity contribution in [2.45, 2.75) is 18.9 Å². The first-order valence-electron chi connectivity index (χ1n) is 12.6. The van der Waals surface area contributed by atoms with E-state index in [2.05, 4.69) is 20.4 Å². The average Bonchev–Trinajstić information content (AvgIpc) is 3.48. The van der Waals surface area contributed by atoms with Crippen LogP contribution in [0, 0.1) is 0 Å². The van der Waals surface area contributed by atoms with Crippen LogP contribution in [0.25, 0.3) is 11.2 Å². The Morgan fingerprint density at radius 3 is 2.41 bits per heavy atom. The van der Waals surface area contributed by atoms with Crippen LogP contribution in [-0.2, 0) is 4.74 Å². The minimum absolute atomic E-state index is 0.272. The summed E-state index contributed by atoms with van der Waals surface area (Å²) in [6, 6.07) is 5.70. The van der Waals surface area contributed by atoms with Gasteiger partial charge in [0.15, 0.2) is 39.5 Å². The van der Waals surface area contributed by atoms with Gasteiger partial charge in [0.2, 0.25) is 5.95 Å². The summed E-state index contributed by atoms with van der Waals surface area (Å²) in [5, 5.41) is 6.96. The molecule has 2 saturated heterocycles. The van der Waals surface area contributed by atoms with E-state index in [0.717, 1.165) is 63.5 Å². The molecular weight excluding hydrogens is 496 g/mol. The summed E-state index contributed by atoms with van der Waals surface area (Å²) in [6.45, 7) is 5.78. The number of rotatable bonds is 9. The molecule has 37 heavy (non-hydrogen) atoms. The van der Waals surface area contributed by atoms with Gasteiger partial charge in [0, 0.05) is 52.9 Å². The van der Waals surface area contributed by atoms with E-state index in [9.17, 15) is 0 Å². The van der Waals surface area contributed by atoms with Gasteiger partial charge in [0.1, 0.15) is 0 Å². The predicted molar refractivity (Wildman–Crippen MR) is 144 cm³/mol. The van der Waals surface area contributed by atoms with Crippen LogP contribution in [0.1, 0.15) is 24.5 Å². The molecule has 2 fully saturated rings. The van der Waals surface area contributed by atoms with Gasteiger partial charge in [-0.25, -0.2) is 9.97 Å². The first kappa shape index (κ1) is 25.5. The van der Waals surface area contributed by atoms with Gasteiger partial charge >= 0.3 is 0 Å². The van der Waals surface area contributed by atoms with Crippen molar-refractivity contribution < 1.29 is 14.2 Å². The van der Waals surface area contributed by atoms with Crippen molar-refractivity contribution in [3.63, 3.8) is 0 Å². The lowest BCUT2D eigenvalue weighted by Crippen LogP contribution is -2.44. The molecule has 0 spiro atoms. The van der Waals surface area contributed by atoms with Crippen LogP contribution in [0.5, 0.6) is 11.5 Å². The monoisotopic (exact) mass is 528 g/mol. The maximum absolute atomic E-state index is 6.62. The van der Waals surface area contributed by atoms with Gasteiger partial charge in [-0.3, -0.25) is 0 Å². The first-order chi connectivity index (χ1) is 18.1. The third kappa shape index (κ3) is 5.43. The summed E-state index contributed by atoms with van der Waals surface area (Å²) in [6.07, 6.45) is 1.98. The summed E-state index contributed by atoms with van der Waals surface area (Å²) in [5.74, 6) is 3.23. The van der Waals surface area contributed by atoms with Crippen LogP contribution in [0.2, 0.25) is 5.15 Å². The lowest BCUT2D eigenvalue weighted by molar-refractivity contribution is 0.114. The molecule has 2 N–H and O–H groups in total. The molecule has 0 bridgehead atoms. The Balaban J connectivity index is 1.44.